The van der Waals surface area contributed by atoms with Crippen LogP contribution in [-0.2, 0) is 51.6 Å². The molecule has 0 bridgehead atoms. The smallest absolute Gasteiger partial charge is 0.253 e. The van der Waals surface area contributed by atoms with Gasteiger partial charge >= 0.3 is 0 Å². The molecule has 71 heavy (non-hydrogen) atoms. The van der Waals surface area contributed by atoms with Crippen LogP contribution in [0.5, 0.6) is 0 Å². The zero-order valence-corrected chi connectivity index (χ0v) is 47.4. The first kappa shape index (κ1) is 74.5. The van der Waals surface area contributed by atoms with Crippen LogP contribution in [0.25, 0.3) is 0 Å². The number of aryl methyl sites for hydroxylation is 3. The highest BCUT2D eigenvalue weighted by atomic mass is 35.5. The largest absolute Gasteiger partial charge is 1.00 e. The monoisotopic (exact) mass is 1120 g/mol. The van der Waals surface area contributed by atoms with E-state index in [0.717, 1.165) is 36.3 Å². The number of hydrogen-bond donors (Lipinski definition) is 5. The predicted molar refractivity (Wildman–Crippen MR) is 250 cm³/mol. The molecule has 24 heteroatoms. The van der Waals surface area contributed by atoms with E-state index < -0.39 is 18.3 Å². The number of halogens is 6. The highest BCUT2D eigenvalue weighted by Crippen LogP contribution is 2.18. The Morgan fingerprint density at radius 2 is 1.04 bits per heavy atom. The number of aliphatic hydroxyl groups excluding tert-OH is 5. The molecule has 0 fully saturated rings. The van der Waals surface area contributed by atoms with Crippen LogP contribution in [0.3, 0.4) is 0 Å². The number of aromatic nitrogens is 8. The lowest BCUT2D eigenvalue weighted by Gasteiger charge is -2.32. The maximum atomic E-state index is 10.7. The predicted octanol–water partition coefficient (Wildman–Crippen LogP) is -16.7. The zero-order valence-electron chi connectivity index (χ0n) is 42.9. The molecule has 2 aliphatic heterocycles. The summed E-state index contributed by atoms with van der Waals surface area (Å²) in [5.41, 5.74) is 0. The van der Waals surface area contributed by atoms with Crippen molar-refractivity contribution in [1.82, 2.24) is 42.9 Å². The van der Waals surface area contributed by atoms with Gasteiger partial charge in [-0.2, -0.15) is 0 Å². The van der Waals surface area contributed by atoms with Crippen LogP contribution in [0.1, 0.15) is 71.8 Å². The van der Waals surface area contributed by atoms with Gasteiger partial charge in [-0.15, -0.1) is 0 Å². The van der Waals surface area contributed by atoms with Gasteiger partial charge in [0.2, 0.25) is 0 Å². The number of nitrogens with zero attached hydrogens (tertiary/aromatic N) is 12. The summed E-state index contributed by atoms with van der Waals surface area (Å²) in [4.78, 5) is 12.6. The lowest BCUT2D eigenvalue weighted by Crippen LogP contribution is -3.00. The minimum absolute atomic E-state index is 0. The topological polar surface area (TPSA) is 168 Å². The van der Waals surface area contributed by atoms with Crippen LogP contribution in [0.15, 0.2) is 74.4 Å². The summed E-state index contributed by atoms with van der Waals surface area (Å²) in [6, 6.07) is 0. The minimum Gasteiger partial charge on any atom is -1.00 e. The Labute approximate surface area is 461 Å². The molecule has 4 aromatic rings. The fourth-order valence-electron chi connectivity index (χ4n) is 7.63. The average Bonchev–Trinajstić information content (AvgIpc) is 4.10. The molecule has 8 atom stereocenters. The molecule has 0 spiro atoms. The van der Waals surface area contributed by atoms with Crippen LogP contribution in [0.2, 0.25) is 0 Å². The van der Waals surface area contributed by atoms with Crippen molar-refractivity contribution in [3.05, 3.63) is 97.7 Å². The van der Waals surface area contributed by atoms with Gasteiger partial charge in [-0.05, 0) is 41.0 Å². The number of aliphatic hydroxyl groups is 5. The number of ether oxygens (including phenoxy) is 1. The normalized spacial score (nSPS) is 16.9. The standard InChI is InChI=1S/C30H51N8O4.C9H18N2O.C7H12N2O.CH4.6ClH/c1-23(16-33-12-13-36(26(33)4)19-28(39)17-34-10-8-31(6)24(34)2)42-22-30(41)21-38-15-14-37(27(38)5)20-29(40)18-35-11-9-32(7)25(35)3;1-4-9(12)7-11-6-5-10(3)8(11)2;1-6(10)5-9-4-3-8-7(9)2;;;;;;;/h8-15,23,26,28-30,39-41H,16-22H2,1-7H3;5-6,8-9,12H,4,7H2,1-3H3;3-4,6,10H,5H2,1-2H3;1H4;6*1H/q+3;;;;;;;;;/p-6. The van der Waals surface area contributed by atoms with Gasteiger partial charge in [-0.3, -0.25) is 0 Å². The Morgan fingerprint density at radius 3 is 1.51 bits per heavy atom. The summed E-state index contributed by atoms with van der Waals surface area (Å²) in [7, 11) is 6.03. The maximum Gasteiger partial charge on any atom is 0.253 e. The Balaban J connectivity index is -0.000000643. The summed E-state index contributed by atoms with van der Waals surface area (Å²) in [6.07, 6.45) is 22.6. The first-order valence-corrected chi connectivity index (χ1v) is 22.7. The molecule has 0 aliphatic carbocycles. The summed E-state index contributed by atoms with van der Waals surface area (Å²) in [6.45, 7) is 22.8. The summed E-state index contributed by atoms with van der Waals surface area (Å²) in [5, 5.41) is 50.5. The van der Waals surface area contributed by atoms with E-state index in [1.807, 2.05) is 158 Å². The van der Waals surface area contributed by atoms with Gasteiger partial charge < -0.3 is 129 Å². The number of rotatable bonds is 20. The molecule has 414 valence electrons. The van der Waals surface area contributed by atoms with Crippen LogP contribution in [-0.4, -0.2) is 151 Å². The average molecular weight is 1130 g/mol. The Morgan fingerprint density at radius 1 is 0.577 bits per heavy atom. The Bertz CT molecular complexity index is 2070. The third-order valence-corrected chi connectivity index (χ3v) is 12.4. The van der Waals surface area contributed by atoms with Gasteiger partial charge in [0.05, 0.1) is 51.3 Å². The van der Waals surface area contributed by atoms with E-state index in [4.69, 9.17) is 9.84 Å². The van der Waals surface area contributed by atoms with E-state index in [9.17, 15) is 20.4 Å². The first-order chi connectivity index (χ1) is 30.3. The molecule has 5 N–H and O–H groups in total. The quantitative estimate of drug-likeness (QED) is 0.0534. The van der Waals surface area contributed by atoms with Gasteiger partial charge in [0.15, 0.2) is 0 Å². The highest BCUT2D eigenvalue weighted by Gasteiger charge is 2.27. The van der Waals surface area contributed by atoms with Crippen molar-refractivity contribution in [1.29, 1.82) is 0 Å². The molecule has 4 aromatic heterocycles. The van der Waals surface area contributed by atoms with Crippen LogP contribution < -0.4 is 88.1 Å². The molecule has 0 radical (unpaired) electrons. The van der Waals surface area contributed by atoms with E-state index in [-0.39, 0.29) is 113 Å². The third-order valence-electron chi connectivity index (χ3n) is 12.4. The first-order valence-electron chi connectivity index (χ1n) is 22.7. The molecule has 8 unspecified atom stereocenters. The van der Waals surface area contributed by atoms with Gasteiger partial charge in [-0.1, -0.05) is 14.4 Å². The van der Waals surface area contributed by atoms with Gasteiger partial charge in [-0.25, -0.2) is 32.4 Å². The molecule has 0 aromatic carbocycles. The van der Waals surface area contributed by atoms with Gasteiger partial charge in [0.25, 0.3) is 17.5 Å². The maximum absolute atomic E-state index is 10.7. The van der Waals surface area contributed by atoms with E-state index in [1.54, 1.807) is 13.1 Å². The van der Waals surface area contributed by atoms with Crippen molar-refractivity contribution in [3.63, 3.8) is 0 Å². The second-order valence-corrected chi connectivity index (χ2v) is 17.6. The minimum atomic E-state index is -0.656. The van der Waals surface area contributed by atoms with E-state index in [0.29, 0.717) is 52.0 Å². The molecule has 0 saturated heterocycles. The van der Waals surface area contributed by atoms with Crippen molar-refractivity contribution in [2.75, 3.05) is 33.3 Å². The van der Waals surface area contributed by atoms with E-state index >= 15 is 0 Å². The zero-order chi connectivity index (χ0) is 47.2. The molecular weight excluding hydrogens is 1040 g/mol. The molecular formula is C47H85Cl6N12O6-3. The number of imidazole rings is 4. The molecule has 0 saturated carbocycles. The SMILES string of the molecule is C.CCC(O)CN1C=CN(C)C1C.Cc1n(CC(O)CN2C=CN(CC(C)OCC(O)Cn3cc[n+](CC(O)Cn4cc[n+](C)c4C)c3C)C2C)cc[n+]1C.Cc1nccn1CC(C)O.[Cl-].[Cl-].[Cl-].[Cl-].[Cl-].[Cl-]. The van der Waals surface area contributed by atoms with Crippen molar-refractivity contribution in [3.8, 4) is 0 Å². The summed E-state index contributed by atoms with van der Waals surface area (Å²) < 4.78 is 20.1. The molecule has 0 amide bonds. The van der Waals surface area contributed by atoms with E-state index in [2.05, 4.69) is 43.0 Å². The fourth-order valence-corrected chi connectivity index (χ4v) is 7.63. The molecule has 2 aliphatic rings. The lowest BCUT2D eigenvalue weighted by molar-refractivity contribution is -0.709. The molecule has 18 nitrogen and oxygen atoms in total. The van der Waals surface area contributed by atoms with E-state index in [1.165, 1.54) is 0 Å². The second-order valence-electron chi connectivity index (χ2n) is 17.6. The lowest BCUT2D eigenvalue weighted by atomic mass is 10.2. The van der Waals surface area contributed by atoms with Crippen LogP contribution >= 0.6 is 0 Å². The van der Waals surface area contributed by atoms with Crippen LogP contribution in [0.4, 0.5) is 0 Å². The summed E-state index contributed by atoms with van der Waals surface area (Å²) >= 11 is 0. The van der Waals surface area contributed by atoms with Crippen molar-refractivity contribution < 1.29 is 118 Å². The third kappa shape index (κ3) is 23.0. The van der Waals surface area contributed by atoms with Crippen LogP contribution in [0, 0.1) is 27.7 Å². The second kappa shape index (κ2) is 36.0. The Kier molecular flexibility index (Phi) is 37.8. The van der Waals surface area contributed by atoms with Gasteiger partial charge in [0, 0.05) is 91.2 Å². The van der Waals surface area contributed by atoms with Crippen molar-refractivity contribution in [2.45, 2.75) is 158 Å². The van der Waals surface area contributed by atoms with Crippen molar-refractivity contribution in [2.24, 2.45) is 14.1 Å². The molecule has 6 rings (SSSR count). The highest BCUT2D eigenvalue weighted by molar-refractivity contribution is 4.97. The number of hydrogen-bond acceptors (Lipinski definition) is 11. The summed E-state index contributed by atoms with van der Waals surface area (Å²) in [5.74, 6) is 4.10. The Hall–Kier alpha value is -2.98. The number of β-amino-alcohol motifs (C(OH)–C–C–N with tert-alkyl or cyclic N) is 2. The van der Waals surface area contributed by atoms with Crippen molar-refractivity contribution >= 4 is 0 Å². The fraction of sp³-hybridized carbons (Fsp3) is 0.660. The molecule has 6 heterocycles. The van der Waals surface area contributed by atoms with Gasteiger partial charge in [0.1, 0.15) is 87.5 Å².